The maximum atomic E-state index is 15.4. The molecule has 73 heavy (non-hydrogen) atoms. The molecule has 2 aromatic heterocycles. The van der Waals surface area contributed by atoms with Crippen LogP contribution >= 0.6 is 0 Å². The Morgan fingerprint density at radius 1 is 0.712 bits per heavy atom. The van der Waals surface area contributed by atoms with Crippen molar-refractivity contribution < 1.29 is 38.4 Å². The van der Waals surface area contributed by atoms with Crippen molar-refractivity contribution in [2.24, 2.45) is 0 Å². The summed E-state index contributed by atoms with van der Waals surface area (Å²) in [6.07, 6.45) is 7.75. The molecule has 14 heteroatoms. The van der Waals surface area contributed by atoms with Gasteiger partial charge in [-0.25, -0.2) is 19.2 Å². The average Bonchev–Trinajstić information content (AvgIpc) is 3.86. The molecule has 0 saturated carbocycles. The molecule has 13 nitrogen and oxygen atoms in total. The van der Waals surface area contributed by atoms with Gasteiger partial charge in [-0.15, -0.1) is 0 Å². The number of carbonyl (C=O) groups is 2. The molecular formula is C59H57FN6O7. The summed E-state index contributed by atoms with van der Waals surface area (Å²) in [4.78, 5) is 40.9. The number of ether oxygens (including phenoxy) is 3. The Bertz CT molecular complexity index is 3300. The first kappa shape index (κ1) is 48.2. The monoisotopic (exact) mass is 980 g/mol. The lowest BCUT2D eigenvalue weighted by molar-refractivity contribution is 0.0224. The third-order valence-corrected chi connectivity index (χ3v) is 13.6. The predicted molar refractivity (Wildman–Crippen MR) is 279 cm³/mol. The van der Waals surface area contributed by atoms with Crippen LogP contribution in [0.2, 0.25) is 0 Å². The first-order chi connectivity index (χ1) is 35.4. The Hall–Kier alpha value is -8.39. The van der Waals surface area contributed by atoms with Crippen LogP contribution in [-0.4, -0.2) is 77.8 Å². The van der Waals surface area contributed by atoms with Crippen LogP contribution in [0.4, 0.5) is 15.8 Å². The second-order valence-electron chi connectivity index (χ2n) is 19.1. The summed E-state index contributed by atoms with van der Waals surface area (Å²) in [5.74, 6) is 0.240. The van der Waals surface area contributed by atoms with Gasteiger partial charge < -0.3 is 39.5 Å². The number of phenolic OH excluding ortho intramolecular Hbond substituents is 1. The second-order valence-corrected chi connectivity index (χ2v) is 19.1. The SMILES string of the molecule is CN(C)c1ccc2c(c1)Oc1cc(N(C)C)ccc1C21OC(=O)c2ccc(C(=O)NCCCCCCCCOc3ccc(Cc4nc5c(Cc6ccccc6)nc(-c6ccc(O)cc6)cn5c4O)cc3F)cc21. The molecule has 2 aliphatic rings. The number of amides is 1. The fourth-order valence-corrected chi connectivity index (χ4v) is 9.72. The highest BCUT2D eigenvalue weighted by molar-refractivity contribution is 6.00. The number of halogens is 1. The molecule has 8 aromatic rings. The van der Waals surface area contributed by atoms with Gasteiger partial charge in [0.2, 0.25) is 5.88 Å². The normalized spacial score (nSPS) is 13.0. The predicted octanol–water partition coefficient (Wildman–Crippen LogP) is 11.0. The number of fused-ring (bicyclic) bond motifs is 7. The molecule has 0 radical (unpaired) electrons. The van der Waals surface area contributed by atoms with Gasteiger partial charge >= 0.3 is 5.97 Å². The number of hydrogen-bond donors (Lipinski definition) is 3. The van der Waals surface area contributed by atoms with Crippen molar-refractivity contribution in [2.75, 3.05) is 51.1 Å². The Kier molecular flexibility index (Phi) is 13.5. The summed E-state index contributed by atoms with van der Waals surface area (Å²) in [6.45, 7) is 0.872. The van der Waals surface area contributed by atoms with Crippen LogP contribution in [-0.2, 0) is 23.2 Å². The van der Waals surface area contributed by atoms with Crippen LogP contribution in [0.15, 0.2) is 134 Å². The molecule has 1 spiro atoms. The van der Waals surface area contributed by atoms with E-state index in [0.29, 0.717) is 87.2 Å². The number of hydrogen-bond acceptors (Lipinski definition) is 11. The summed E-state index contributed by atoms with van der Waals surface area (Å²) >= 11 is 0. The quantitative estimate of drug-likeness (QED) is 0.0557. The Labute approximate surface area is 423 Å². The molecule has 3 N–H and O–H groups in total. The fourth-order valence-electron chi connectivity index (χ4n) is 9.72. The van der Waals surface area contributed by atoms with Gasteiger partial charge in [-0.1, -0.05) is 62.1 Å². The van der Waals surface area contributed by atoms with Crippen LogP contribution in [0.1, 0.15) is 98.4 Å². The number of unbranched alkanes of at least 4 members (excludes halogenated alkanes) is 5. The largest absolute Gasteiger partial charge is 0.508 e. The molecule has 1 amide bonds. The lowest BCUT2D eigenvalue weighted by atomic mass is 9.77. The van der Waals surface area contributed by atoms with Gasteiger partial charge in [0, 0.05) is 105 Å². The van der Waals surface area contributed by atoms with Crippen molar-refractivity contribution in [1.82, 2.24) is 19.7 Å². The van der Waals surface area contributed by atoms with Crippen LogP contribution < -0.4 is 24.6 Å². The van der Waals surface area contributed by atoms with Crippen LogP contribution in [0.25, 0.3) is 16.9 Å². The molecule has 0 bridgehead atoms. The van der Waals surface area contributed by atoms with Gasteiger partial charge in [-0.2, -0.15) is 0 Å². The topological polar surface area (TPSA) is 151 Å². The molecule has 6 aromatic carbocycles. The molecule has 0 fully saturated rings. The van der Waals surface area contributed by atoms with E-state index in [1.807, 2.05) is 105 Å². The first-order valence-corrected chi connectivity index (χ1v) is 24.7. The molecule has 10 rings (SSSR count). The van der Waals surface area contributed by atoms with Crippen LogP contribution in [0.5, 0.6) is 28.9 Å². The van der Waals surface area contributed by atoms with E-state index >= 15 is 4.39 Å². The number of anilines is 2. The molecule has 0 aliphatic carbocycles. The van der Waals surface area contributed by atoms with Crippen molar-refractivity contribution in [3.05, 3.63) is 190 Å². The number of aromatic nitrogens is 3. The highest BCUT2D eigenvalue weighted by Crippen LogP contribution is 2.57. The maximum absolute atomic E-state index is 15.4. The minimum absolute atomic E-state index is 0.0522. The minimum Gasteiger partial charge on any atom is -0.508 e. The number of rotatable bonds is 18. The lowest BCUT2D eigenvalue weighted by Gasteiger charge is -2.37. The standard InChI is InChI=1S/C59H57FN6O7/c1-64(2)41-20-25-45-53(34-41)72-54-35-42(65(3)4)21-26-46(54)59(45)47-33-40(19-24-44(47)58(70)73-59)56(68)61-28-12-7-5-6-8-13-29-71-52-27-16-38(30-48(52)60)32-50-57(69)66-36-51(39-17-22-43(67)23-18-39)62-49(55(66)63-50)31-37-14-10-9-11-15-37/h9-11,14-27,30,33-36,67,69H,5-8,12-13,28-29,31-32H2,1-4H3,(H,61,68). The van der Waals surface area contributed by atoms with Crippen molar-refractivity contribution in [3.63, 3.8) is 0 Å². The Balaban J connectivity index is 0.704. The van der Waals surface area contributed by atoms with E-state index in [2.05, 4.69) is 5.32 Å². The van der Waals surface area contributed by atoms with E-state index in [9.17, 15) is 19.8 Å². The van der Waals surface area contributed by atoms with E-state index in [1.165, 1.54) is 6.07 Å². The molecule has 372 valence electrons. The van der Waals surface area contributed by atoms with Crippen LogP contribution in [0.3, 0.4) is 0 Å². The van der Waals surface area contributed by atoms with E-state index < -0.39 is 17.4 Å². The number of nitrogens with one attached hydrogen (secondary N) is 1. The second kappa shape index (κ2) is 20.4. The average molecular weight is 981 g/mol. The minimum atomic E-state index is -1.30. The lowest BCUT2D eigenvalue weighted by Crippen LogP contribution is -2.33. The molecule has 4 heterocycles. The maximum Gasteiger partial charge on any atom is 0.340 e. The number of aromatic hydroxyl groups is 2. The molecule has 0 atom stereocenters. The van der Waals surface area contributed by atoms with Gasteiger partial charge in [0.05, 0.1) is 23.6 Å². The van der Waals surface area contributed by atoms with Gasteiger partial charge in [0.25, 0.3) is 5.91 Å². The number of esters is 1. The van der Waals surface area contributed by atoms with Crippen molar-refractivity contribution in [1.29, 1.82) is 0 Å². The number of carbonyl (C=O) groups excluding carboxylic acids is 2. The first-order valence-electron chi connectivity index (χ1n) is 24.7. The number of nitrogens with zero attached hydrogens (tertiary/aromatic N) is 5. The van der Waals surface area contributed by atoms with Gasteiger partial charge in [0.1, 0.15) is 22.9 Å². The number of phenols is 1. The third kappa shape index (κ3) is 9.72. The Morgan fingerprint density at radius 3 is 2.07 bits per heavy atom. The number of benzene rings is 6. The fraction of sp³-hybridized carbons (Fsp3) is 0.254. The van der Waals surface area contributed by atoms with Gasteiger partial charge in [-0.05, 0) is 103 Å². The summed E-state index contributed by atoms with van der Waals surface area (Å²) in [5, 5.41) is 24.3. The zero-order chi connectivity index (χ0) is 50.8. The summed E-state index contributed by atoms with van der Waals surface area (Å²) in [7, 11) is 7.82. The van der Waals surface area contributed by atoms with Crippen molar-refractivity contribution in [3.8, 4) is 40.1 Å². The highest BCUT2D eigenvalue weighted by atomic mass is 19.1. The summed E-state index contributed by atoms with van der Waals surface area (Å²) in [6, 6.07) is 38.3. The van der Waals surface area contributed by atoms with Crippen molar-refractivity contribution in [2.45, 2.75) is 57.0 Å². The third-order valence-electron chi connectivity index (χ3n) is 13.6. The zero-order valence-electron chi connectivity index (χ0n) is 41.3. The highest BCUT2D eigenvalue weighted by Gasteiger charge is 2.54. The zero-order valence-corrected chi connectivity index (χ0v) is 41.3. The van der Waals surface area contributed by atoms with E-state index in [0.717, 1.165) is 61.0 Å². The molecule has 2 aliphatic heterocycles. The van der Waals surface area contributed by atoms with E-state index in [4.69, 9.17) is 24.2 Å². The van der Waals surface area contributed by atoms with E-state index in [1.54, 1.807) is 65.2 Å². The van der Waals surface area contributed by atoms with E-state index in [-0.39, 0.29) is 29.7 Å². The molecule has 0 saturated heterocycles. The molecular weight excluding hydrogens is 924 g/mol. The Morgan fingerprint density at radius 2 is 1.38 bits per heavy atom. The molecule has 0 unspecified atom stereocenters. The van der Waals surface area contributed by atoms with Gasteiger partial charge in [-0.3, -0.25) is 9.20 Å². The van der Waals surface area contributed by atoms with Crippen molar-refractivity contribution >= 4 is 28.9 Å². The van der Waals surface area contributed by atoms with Gasteiger partial charge in [0.15, 0.2) is 22.8 Å². The summed E-state index contributed by atoms with van der Waals surface area (Å²) in [5.41, 5.74) is 8.00. The van der Waals surface area contributed by atoms with Crippen LogP contribution in [0, 0.1) is 5.82 Å². The number of imidazole rings is 1. The summed E-state index contributed by atoms with van der Waals surface area (Å²) < 4.78 is 35.7. The smallest absolute Gasteiger partial charge is 0.340 e.